The van der Waals surface area contributed by atoms with Crippen molar-refractivity contribution in [2.45, 2.75) is 78.5 Å². The lowest BCUT2D eigenvalue weighted by atomic mass is 10.00. The molecule has 1 fully saturated rings. The van der Waals surface area contributed by atoms with Crippen molar-refractivity contribution >= 4 is 6.09 Å². The summed E-state index contributed by atoms with van der Waals surface area (Å²) < 4.78 is 5.28. The molecule has 0 heterocycles. The molecule has 0 spiro atoms. The van der Waals surface area contributed by atoms with Crippen LogP contribution < -0.4 is 10.6 Å². The Balaban J connectivity index is 2.41. The summed E-state index contributed by atoms with van der Waals surface area (Å²) in [5, 5.41) is 6.60. The van der Waals surface area contributed by atoms with Crippen molar-refractivity contribution in [3.63, 3.8) is 0 Å². The van der Waals surface area contributed by atoms with Crippen LogP contribution in [-0.2, 0) is 4.74 Å². The van der Waals surface area contributed by atoms with Crippen LogP contribution in [0.1, 0.15) is 60.8 Å². The number of carbonyl (C=O) groups is 1. The first-order chi connectivity index (χ1) is 9.19. The van der Waals surface area contributed by atoms with Gasteiger partial charge in [0, 0.05) is 18.6 Å². The molecule has 0 aromatic carbocycles. The number of hydrogen-bond donors (Lipinski definition) is 2. The summed E-state index contributed by atoms with van der Waals surface area (Å²) in [6, 6.07) is 0.885. The fraction of sp³-hybridized carbons (Fsp3) is 0.938. The number of alkyl carbamates (subject to hydrolysis) is 1. The number of nitrogens with one attached hydrogen (secondary N) is 2. The summed E-state index contributed by atoms with van der Waals surface area (Å²) >= 11 is 0. The van der Waals surface area contributed by atoms with Gasteiger partial charge >= 0.3 is 6.09 Å². The molecule has 20 heavy (non-hydrogen) atoms. The Morgan fingerprint density at radius 2 is 1.95 bits per heavy atom. The molecule has 0 aliphatic heterocycles. The van der Waals surface area contributed by atoms with Crippen LogP contribution in [0.3, 0.4) is 0 Å². The minimum atomic E-state index is -0.440. The maximum atomic E-state index is 11.7. The fourth-order valence-corrected chi connectivity index (χ4v) is 2.66. The van der Waals surface area contributed by atoms with E-state index >= 15 is 0 Å². The Morgan fingerprint density at radius 1 is 1.30 bits per heavy atom. The number of carbonyl (C=O) groups excluding carboxylic acids is 1. The second kappa shape index (κ2) is 7.30. The predicted octanol–water partition coefficient (Wildman–Crippen LogP) is 3.31. The summed E-state index contributed by atoms with van der Waals surface area (Å²) in [5.74, 6) is 1.22. The zero-order valence-corrected chi connectivity index (χ0v) is 14.0. The van der Waals surface area contributed by atoms with Crippen molar-refractivity contribution in [3.05, 3.63) is 0 Å². The minimum Gasteiger partial charge on any atom is -0.444 e. The lowest BCUT2D eigenvalue weighted by molar-refractivity contribution is 0.0518. The van der Waals surface area contributed by atoms with E-state index in [9.17, 15) is 4.79 Å². The number of amides is 1. The quantitative estimate of drug-likeness (QED) is 0.814. The van der Waals surface area contributed by atoms with Crippen LogP contribution in [0.4, 0.5) is 4.79 Å². The Morgan fingerprint density at radius 3 is 2.40 bits per heavy atom. The third-order valence-electron chi connectivity index (χ3n) is 3.96. The van der Waals surface area contributed by atoms with Gasteiger partial charge in [0.15, 0.2) is 0 Å². The highest BCUT2D eigenvalue weighted by molar-refractivity contribution is 5.67. The van der Waals surface area contributed by atoms with Crippen LogP contribution in [0.5, 0.6) is 0 Å². The van der Waals surface area contributed by atoms with Crippen LogP contribution in [0.2, 0.25) is 0 Å². The summed E-state index contributed by atoms with van der Waals surface area (Å²) in [6.07, 6.45) is 3.53. The molecule has 1 amide bonds. The van der Waals surface area contributed by atoms with Gasteiger partial charge < -0.3 is 15.4 Å². The monoisotopic (exact) mass is 284 g/mol. The van der Waals surface area contributed by atoms with Gasteiger partial charge in [-0.05, 0) is 45.4 Å². The third-order valence-corrected chi connectivity index (χ3v) is 3.96. The van der Waals surface area contributed by atoms with E-state index in [1.165, 1.54) is 19.3 Å². The van der Waals surface area contributed by atoms with Gasteiger partial charge in [-0.15, -0.1) is 0 Å². The van der Waals surface area contributed by atoms with Crippen LogP contribution in [-0.4, -0.2) is 30.3 Å². The number of hydrogen-bond acceptors (Lipinski definition) is 3. The van der Waals surface area contributed by atoms with E-state index in [-0.39, 0.29) is 6.09 Å². The average molecular weight is 284 g/mol. The maximum absolute atomic E-state index is 11.7. The molecule has 0 saturated heterocycles. The average Bonchev–Trinajstić information content (AvgIpc) is 2.67. The molecule has 3 unspecified atom stereocenters. The van der Waals surface area contributed by atoms with Crippen molar-refractivity contribution in [3.8, 4) is 0 Å². The highest BCUT2D eigenvalue weighted by atomic mass is 16.6. The normalized spacial score (nSPS) is 24.8. The Labute approximate surface area is 124 Å². The minimum absolute atomic E-state index is 0.299. The first-order valence-electron chi connectivity index (χ1n) is 7.92. The molecule has 0 radical (unpaired) electrons. The van der Waals surface area contributed by atoms with Gasteiger partial charge in [0.1, 0.15) is 5.60 Å². The highest BCUT2D eigenvalue weighted by Gasteiger charge is 2.27. The largest absolute Gasteiger partial charge is 0.444 e. The molecule has 0 aromatic rings. The second-order valence-electron chi connectivity index (χ2n) is 7.41. The molecule has 118 valence electrons. The zero-order chi connectivity index (χ0) is 15.3. The van der Waals surface area contributed by atoms with Crippen molar-refractivity contribution in [2.24, 2.45) is 11.8 Å². The van der Waals surface area contributed by atoms with E-state index in [1.807, 2.05) is 20.8 Å². The smallest absolute Gasteiger partial charge is 0.407 e. The van der Waals surface area contributed by atoms with E-state index in [0.29, 0.717) is 24.5 Å². The molecule has 4 heteroatoms. The Bertz CT molecular complexity index is 310. The van der Waals surface area contributed by atoms with Gasteiger partial charge in [-0.3, -0.25) is 0 Å². The molecule has 2 N–H and O–H groups in total. The summed E-state index contributed by atoms with van der Waals surface area (Å²) in [4.78, 5) is 11.7. The second-order valence-corrected chi connectivity index (χ2v) is 7.41. The Kier molecular flexibility index (Phi) is 6.31. The lowest BCUT2D eigenvalue weighted by Crippen LogP contribution is -2.49. The van der Waals surface area contributed by atoms with E-state index in [0.717, 1.165) is 5.92 Å². The maximum Gasteiger partial charge on any atom is 0.407 e. The van der Waals surface area contributed by atoms with Crippen LogP contribution in [0.15, 0.2) is 0 Å². The van der Waals surface area contributed by atoms with Crippen molar-refractivity contribution in [1.29, 1.82) is 0 Å². The van der Waals surface area contributed by atoms with Gasteiger partial charge in [0.2, 0.25) is 0 Å². The number of ether oxygens (including phenoxy) is 1. The first-order valence-corrected chi connectivity index (χ1v) is 7.92. The van der Waals surface area contributed by atoms with Gasteiger partial charge in [0.25, 0.3) is 0 Å². The van der Waals surface area contributed by atoms with E-state index in [4.69, 9.17) is 4.74 Å². The fourth-order valence-electron chi connectivity index (χ4n) is 2.66. The first kappa shape index (κ1) is 17.3. The molecule has 3 atom stereocenters. The predicted molar refractivity (Wildman–Crippen MR) is 82.8 cm³/mol. The van der Waals surface area contributed by atoms with Crippen molar-refractivity contribution < 1.29 is 9.53 Å². The van der Waals surface area contributed by atoms with E-state index in [2.05, 4.69) is 31.4 Å². The standard InChI is InChI=1S/C16H32N2O2/c1-11(2)14(18-13-9-7-8-12(13)3)10-17-15(19)20-16(4,5)6/h11-14,18H,7-10H2,1-6H3,(H,17,19). The van der Waals surface area contributed by atoms with Crippen molar-refractivity contribution in [2.75, 3.05) is 6.54 Å². The molecular weight excluding hydrogens is 252 g/mol. The van der Waals surface area contributed by atoms with Crippen molar-refractivity contribution in [1.82, 2.24) is 10.6 Å². The summed E-state index contributed by atoms with van der Waals surface area (Å²) in [7, 11) is 0. The third kappa shape index (κ3) is 6.12. The van der Waals surface area contributed by atoms with Crippen LogP contribution >= 0.6 is 0 Å². The van der Waals surface area contributed by atoms with E-state index in [1.54, 1.807) is 0 Å². The topological polar surface area (TPSA) is 50.4 Å². The van der Waals surface area contributed by atoms with Gasteiger partial charge in [-0.25, -0.2) is 4.79 Å². The summed E-state index contributed by atoms with van der Waals surface area (Å²) in [5.41, 5.74) is -0.440. The van der Waals surface area contributed by atoms with Gasteiger partial charge in [-0.2, -0.15) is 0 Å². The molecule has 0 bridgehead atoms. The van der Waals surface area contributed by atoms with Crippen LogP contribution in [0, 0.1) is 11.8 Å². The zero-order valence-electron chi connectivity index (χ0n) is 14.0. The number of rotatable bonds is 5. The summed E-state index contributed by atoms with van der Waals surface area (Å²) in [6.45, 7) is 12.9. The molecule has 1 aliphatic rings. The van der Waals surface area contributed by atoms with Gasteiger partial charge in [-0.1, -0.05) is 27.2 Å². The molecule has 0 aromatic heterocycles. The van der Waals surface area contributed by atoms with Gasteiger partial charge in [0.05, 0.1) is 0 Å². The molecule has 1 rings (SSSR count). The molecule has 1 saturated carbocycles. The highest BCUT2D eigenvalue weighted by Crippen LogP contribution is 2.25. The van der Waals surface area contributed by atoms with E-state index < -0.39 is 5.60 Å². The lowest BCUT2D eigenvalue weighted by Gasteiger charge is -2.29. The molecular formula is C16H32N2O2. The molecule has 1 aliphatic carbocycles. The SMILES string of the molecule is CC(C)C(CNC(=O)OC(C)(C)C)NC1CCCC1C. The Hall–Kier alpha value is -0.770. The molecule has 4 nitrogen and oxygen atoms in total. The van der Waals surface area contributed by atoms with Crippen LogP contribution in [0.25, 0.3) is 0 Å².